The zero-order valence-corrected chi connectivity index (χ0v) is 17.7. The smallest absolute Gasteiger partial charge is 0.246 e. The molecule has 158 valence electrons. The van der Waals surface area contributed by atoms with Gasteiger partial charge in [-0.25, -0.2) is 0 Å². The molecule has 3 aromatic rings. The molecule has 0 bridgehead atoms. The Morgan fingerprint density at radius 3 is 2.32 bits per heavy atom. The number of nitrogens with one attached hydrogen (secondary N) is 2. The van der Waals surface area contributed by atoms with Crippen LogP contribution in [-0.4, -0.2) is 18.4 Å². The predicted octanol–water partition coefficient (Wildman–Crippen LogP) is 4.59. The van der Waals surface area contributed by atoms with Crippen LogP contribution in [0.1, 0.15) is 35.6 Å². The quantitative estimate of drug-likeness (QED) is 0.595. The van der Waals surface area contributed by atoms with Crippen LogP contribution in [0.4, 0.5) is 11.4 Å². The van der Waals surface area contributed by atoms with E-state index in [0.29, 0.717) is 13.0 Å². The highest BCUT2D eigenvalue weighted by Gasteiger charge is 2.22. The third kappa shape index (κ3) is 5.19. The fraction of sp³-hybridized carbons (Fsp3) is 0.231. The van der Waals surface area contributed by atoms with Gasteiger partial charge >= 0.3 is 0 Å². The summed E-state index contributed by atoms with van der Waals surface area (Å²) >= 11 is 0. The zero-order chi connectivity index (χ0) is 21.6. The number of nitrogens with zero attached hydrogens (tertiary/aromatic N) is 1. The average Bonchev–Trinajstić information content (AvgIpc) is 3.22. The van der Waals surface area contributed by atoms with E-state index in [0.717, 1.165) is 41.0 Å². The lowest BCUT2D eigenvalue weighted by Crippen LogP contribution is -2.32. The first kappa shape index (κ1) is 20.8. The van der Waals surface area contributed by atoms with Crippen molar-refractivity contribution in [2.24, 2.45) is 0 Å². The number of carbonyl (C=O) groups is 2. The molecule has 0 radical (unpaired) electrons. The molecule has 2 amide bonds. The van der Waals surface area contributed by atoms with Crippen molar-refractivity contribution in [1.82, 2.24) is 5.32 Å². The van der Waals surface area contributed by atoms with Crippen LogP contribution < -0.4 is 15.5 Å². The molecule has 1 aliphatic heterocycles. The summed E-state index contributed by atoms with van der Waals surface area (Å²) in [7, 11) is 0. The van der Waals surface area contributed by atoms with E-state index in [1.165, 1.54) is 0 Å². The Hall–Kier alpha value is -3.44. The van der Waals surface area contributed by atoms with Gasteiger partial charge in [0.15, 0.2) is 0 Å². The van der Waals surface area contributed by atoms with E-state index in [1.54, 1.807) is 0 Å². The second-order valence-corrected chi connectivity index (χ2v) is 7.90. The molecule has 4 rings (SSSR count). The first-order valence-corrected chi connectivity index (χ1v) is 10.7. The van der Waals surface area contributed by atoms with Gasteiger partial charge in [-0.15, -0.1) is 0 Å². The Morgan fingerprint density at radius 1 is 0.968 bits per heavy atom. The summed E-state index contributed by atoms with van der Waals surface area (Å²) in [5.41, 5.74) is 4.82. The Morgan fingerprint density at radius 2 is 1.68 bits per heavy atom. The van der Waals surface area contributed by atoms with Crippen molar-refractivity contribution in [1.29, 1.82) is 0 Å². The van der Waals surface area contributed by atoms with Crippen LogP contribution in [0.3, 0.4) is 0 Å². The van der Waals surface area contributed by atoms with Gasteiger partial charge in [-0.3, -0.25) is 14.9 Å². The highest BCUT2D eigenvalue weighted by molar-refractivity contribution is 5.96. The van der Waals surface area contributed by atoms with Crippen molar-refractivity contribution in [3.63, 3.8) is 0 Å². The highest BCUT2D eigenvalue weighted by Crippen LogP contribution is 2.22. The van der Waals surface area contributed by atoms with Crippen molar-refractivity contribution < 1.29 is 9.59 Å². The topological polar surface area (TPSA) is 61.4 Å². The van der Waals surface area contributed by atoms with Crippen molar-refractivity contribution >= 4 is 23.2 Å². The summed E-state index contributed by atoms with van der Waals surface area (Å²) in [6.45, 7) is 3.34. The SMILES string of the molecule is Cc1ccc(NC(=O)C(NCc2ccc(N3CCCC3=O)cc2)c2ccccc2)cc1. The van der Waals surface area contributed by atoms with Gasteiger partial charge in [0.2, 0.25) is 11.8 Å². The average molecular weight is 414 g/mol. The first-order valence-electron chi connectivity index (χ1n) is 10.7. The summed E-state index contributed by atoms with van der Waals surface area (Å²) in [5, 5.41) is 6.40. The summed E-state index contributed by atoms with van der Waals surface area (Å²) in [6, 6.07) is 25.0. The number of rotatable bonds is 7. The standard InChI is InChI=1S/C26H27N3O2/c1-19-9-13-22(14-10-19)28-26(31)25(21-6-3-2-4-7-21)27-18-20-11-15-23(16-12-20)29-17-5-8-24(29)30/h2-4,6-7,9-16,25,27H,5,8,17-18H2,1H3,(H,28,31). The normalized spacial score (nSPS) is 14.5. The molecule has 0 saturated carbocycles. The fourth-order valence-corrected chi connectivity index (χ4v) is 3.79. The molecule has 3 aromatic carbocycles. The van der Waals surface area contributed by atoms with Crippen LogP contribution >= 0.6 is 0 Å². The van der Waals surface area contributed by atoms with E-state index >= 15 is 0 Å². The zero-order valence-electron chi connectivity index (χ0n) is 17.7. The molecule has 5 heteroatoms. The van der Waals surface area contributed by atoms with E-state index in [-0.39, 0.29) is 11.8 Å². The summed E-state index contributed by atoms with van der Waals surface area (Å²) in [6.07, 6.45) is 1.54. The molecule has 1 atom stereocenters. The van der Waals surface area contributed by atoms with Crippen LogP contribution in [0.5, 0.6) is 0 Å². The summed E-state index contributed by atoms with van der Waals surface area (Å²) in [4.78, 5) is 26.8. The number of carbonyl (C=O) groups excluding carboxylic acids is 2. The van der Waals surface area contributed by atoms with E-state index in [2.05, 4.69) is 10.6 Å². The van der Waals surface area contributed by atoms with Crippen LogP contribution in [0.25, 0.3) is 0 Å². The lowest BCUT2D eigenvalue weighted by molar-refractivity contribution is -0.118. The third-order valence-corrected chi connectivity index (χ3v) is 5.55. The predicted molar refractivity (Wildman–Crippen MR) is 124 cm³/mol. The van der Waals surface area contributed by atoms with E-state index in [4.69, 9.17) is 0 Å². The van der Waals surface area contributed by atoms with Crippen molar-refractivity contribution in [3.05, 3.63) is 95.6 Å². The molecule has 31 heavy (non-hydrogen) atoms. The van der Waals surface area contributed by atoms with Gasteiger partial charge < -0.3 is 10.2 Å². The summed E-state index contributed by atoms with van der Waals surface area (Å²) in [5.74, 6) is 0.0807. The van der Waals surface area contributed by atoms with E-state index < -0.39 is 6.04 Å². The maximum atomic E-state index is 13.1. The fourth-order valence-electron chi connectivity index (χ4n) is 3.79. The minimum atomic E-state index is -0.484. The number of aryl methyl sites for hydroxylation is 1. The number of amides is 2. The Balaban J connectivity index is 1.45. The monoisotopic (exact) mass is 413 g/mol. The van der Waals surface area contributed by atoms with Gasteiger partial charge in [-0.05, 0) is 48.7 Å². The largest absolute Gasteiger partial charge is 0.324 e. The molecule has 1 unspecified atom stereocenters. The van der Waals surface area contributed by atoms with Gasteiger partial charge in [-0.2, -0.15) is 0 Å². The lowest BCUT2D eigenvalue weighted by atomic mass is 10.1. The molecular formula is C26H27N3O2. The molecule has 1 heterocycles. The molecule has 0 aliphatic carbocycles. The van der Waals surface area contributed by atoms with Gasteiger partial charge in [0.25, 0.3) is 0 Å². The van der Waals surface area contributed by atoms with Gasteiger partial charge in [0.05, 0.1) is 0 Å². The molecule has 0 spiro atoms. The highest BCUT2D eigenvalue weighted by atomic mass is 16.2. The minimum absolute atomic E-state index is 0.102. The molecule has 1 fully saturated rings. The Bertz CT molecular complexity index is 1030. The molecule has 0 aromatic heterocycles. The van der Waals surface area contributed by atoms with Gasteiger partial charge in [0.1, 0.15) is 6.04 Å². The van der Waals surface area contributed by atoms with E-state index in [9.17, 15) is 9.59 Å². The summed E-state index contributed by atoms with van der Waals surface area (Å²) < 4.78 is 0. The van der Waals surface area contributed by atoms with Crippen LogP contribution in [-0.2, 0) is 16.1 Å². The van der Waals surface area contributed by atoms with Crippen molar-refractivity contribution in [2.45, 2.75) is 32.4 Å². The molecule has 5 nitrogen and oxygen atoms in total. The maximum absolute atomic E-state index is 13.1. The Kier molecular flexibility index (Phi) is 6.43. The lowest BCUT2D eigenvalue weighted by Gasteiger charge is -2.20. The van der Waals surface area contributed by atoms with Crippen LogP contribution in [0.2, 0.25) is 0 Å². The second-order valence-electron chi connectivity index (χ2n) is 7.90. The van der Waals surface area contributed by atoms with Crippen molar-refractivity contribution in [3.8, 4) is 0 Å². The molecule has 1 aliphatic rings. The molecule has 1 saturated heterocycles. The minimum Gasteiger partial charge on any atom is -0.324 e. The first-order chi connectivity index (χ1) is 15.1. The van der Waals surface area contributed by atoms with Gasteiger partial charge in [-0.1, -0.05) is 60.2 Å². The van der Waals surface area contributed by atoms with Crippen LogP contribution in [0.15, 0.2) is 78.9 Å². The van der Waals surface area contributed by atoms with E-state index in [1.807, 2.05) is 90.7 Å². The second kappa shape index (κ2) is 9.58. The third-order valence-electron chi connectivity index (χ3n) is 5.55. The Labute approximate surface area is 183 Å². The van der Waals surface area contributed by atoms with Crippen molar-refractivity contribution in [2.75, 3.05) is 16.8 Å². The number of hydrogen-bond acceptors (Lipinski definition) is 3. The molecule has 2 N–H and O–H groups in total. The number of hydrogen-bond donors (Lipinski definition) is 2. The number of benzene rings is 3. The number of anilines is 2. The van der Waals surface area contributed by atoms with Gasteiger partial charge in [0, 0.05) is 30.9 Å². The molecular weight excluding hydrogens is 386 g/mol. The maximum Gasteiger partial charge on any atom is 0.246 e. The van der Waals surface area contributed by atoms with Crippen LogP contribution in [0, 0.1) is 6.92 Å².